The molecule has 0 aromatic rings. The topological polar surface area (TPSA) is 12.0 Å². The van der Waals surface area contributed by atoms with E-state index in [1.807, 2.05) is 6.92 Å². The summed E-state index contributed by atoms with van der Waals surface area (Å²) in [6.45, 7) is 4.28. The van der Waals surface area contributed by atoms with Gasteiger partial charge in [-0.3, -0.25) is 0 Å². The molecule has 1 aliphatic rings. The fourth-order valence-corrected chi connectivity index (χ4v) is 2.33. The second-order valence-electron chi connectivity index (χ2n) is 4.20. The smallest absolute Gasteiger partial charge is 0.0245 e. The molecule has 0 radical (unpaired) electrons. The number of rotatable bonds is 3. The lowest BCUT2D eigenvalue weighted by Crippen LogP contribution is -2.31. The summed E-state index contributed by atoms with van der Waals surface area (Å²) in [5, 5.41) is 3.40. The Hall–Kier alpha value is -0.480. The normalized spacial score (nSPS) is 29.5. The first-order valence-electron chi connectivity index (χ1n) is 5.34. The molecule has 1 aliphatic carbocycles. The molecular formula is C12H21N. The second-order valence-corrected chi connectivity index (χ2v) is 4.20. The molecule has 0 bridgehead atoms. The molecule has 1 heteroatoms. The second kappa shape index (κ2) is 5.29. The van der Waals surface area contributed by atoms with Crippen molar-refractivity contribution in [1.29, 1.82) is 0 Å². The first-order chi connectivity index (χ1) is 6.27. The van der Waals surface area contributed by atoms with Crippen LogP contribution in [0.3, 0.4) is 0 Å². The quantitative estimate of drug-likeness (QED) is 0.656. The predicted molar refractivity (Wildman–Crippen MR) is 57.4 cm³/mol. The van der Waals surface area contributed by atoms with Gasteiger partial charge < -0.3 is 5.32 Å². The van der Waals surface area contributed by atoms with Crippen LogP contribution in [0, 0.1) is 23.7 Å². The van der Waals surface area contributed by atoms with Crippen molar-refractivity contribution in [3.63, 3.8) is 0 Å². The summed E-state index contributed by atoms with van der Waals surface area (Å²) in [5.41, 5.74) is 0. The van der Waals surface area contributed by atoms with Crippen molar-refractivity contribution in [2.24, 2.45) is 11.8 Å². The Balaban J connectivity index is 2.40. The Morgan fingerprint density at radius 3 is 2.69 bits per heavy atom. The van der Waals surface area contributed by atoms with Crippen LogP contribution in [0.5, 0.6) is 0 Å². The van der Waals surface area contributed by atoms with Crippen molar-refractivity contribution < 1.29 is 0 Å². The van der Waals surface area contributed by atoms with Crippen LogP contribution in [0.1, 0.15) is 39.5 Å². The molecular weight excluding hydrogens is 158 g/mol. The van der Waals surface area contributed by atoms with Crippen LogP contribution in [0.15, 0.2) is 0 Å². The third-order valence-electron chi connectivity index (χ3n) is 3.17. The summed E-state index contributed by atoms with van der Waals surface area (Å²) in [4.78, 5) is 0. The van der Waals surface area contributed by atoms with E-state index < -0.39 is 0 Å². The average Bonchev–Trinajstić information content (AvgIpc) is 2.54. The van der Waals surface area contributed by atoms with Crippen molar-refractivity contribution in [3.8, 4) is 11.8 Å². The van der Waals surface area contributed by atoms with Gasteiger partial charge in [0.05, 0.1) is 0 Å². The van der Waals surface area contributed by atoms with Crippen molar-refractivity contribution in [2.75, 3.05) is 7.05 Å². The van der Waals surface area contributed by atoms with Crippen LogP contribution in [0.25, 0.3) is 0 Å². The Morgan fingerprint density at radius 2 is 2.23 bits per heavy atom. The number of hydrogen-bond acceptors (Lipinski definition) is 1. The molecule has 1 nitrogen and oxygen atoms in total. The van der Waals surface area contributed by atoms with E-state index in [9.17, 15) is 0 Å². The SMILES string of the molecule is CC#CCC(NC)C1CCC(C)C1. The summed E-state index contributed by atoms with van der Waals surface area (Å²) in [7, 11) is 2.06. The zero-order valence-corrected chi connectivity index (χ0v) is 9.06. The van der Waals surface area contributed by atoms with Gasteiger partial charge in [0.25, 0.3) is 0 Å². The number of hydrogen-bond donors (Lipinski definition) is 1. The Kier molecular flexibility index (Phi) is 4.32. The number of nitrogens with one attached hydrogen (secondary N) is 1. The molecule has 13 heavy (non-hydrogen) atoms. The minimum absolute atomic E-state index is 0.623. The molecule has 0 saturated heterocycles. The Labute approximate surface area is 82.3 Å². The lowest BCUT2D eigenvalue weighted by Gasteiger charge is -2.20. The molecule has 0 spiro atoms. The Morgan fingerprint density at radius 1 is 1.46 bits per heavy atom. The first-order valence-corrected chi connectivity index (χ1v) is 5.34. The largest absolute Gasteiger partial charge is 0.316 e. The van der Waals surface area contributed by atoms with Gasteiger partial charge in [0.15, 0.2) is 0 Å². The lowest BCUT2D eigenvalue weighted by atomic mass is 9.95. The van der Waals surface area contributed by atoms with Gasteiger partial charge in [-0.15, -0.1) is 11.8 Å². The van der Waals surface area contributed by atoms with Gasteiger partial charge in [0.1, 0.15) is 0 Å². The maximum atomic E-state index is 3.40. The summed E-state index contributed by atoms with van der Waals surface area (Å²) in [6.07, 6.45) is 5.20. The van der Waals surface area contributed by atoms with E-state index >= 15 is 0 Å². The Bertz CT molecular complexity index is 199. The molecule has 1 fully saturated rings. The summed E-state index contributed by atoms with van der Waals surface area (Å²) >= 11 is 0. The predicted octanol–water partition coefficient (Wildman–Crippen LogP) is 2.42. The van der Waals surface area contributed by atoms with E-state index in [2.05, 4.69) is 31.1 Å². The molecule has 0 aromatic heterocycles. The van der Waals surface area contributed by atoms with Crippen molar-refractivity contribution in [2.45, 2.75) is 45.6 Å². The minimum Gasteiger partial charge on any atom is -0.316 e. The standard InChI is InChI=1S/C12H21N/c1-4-5-6-12(13-3)11-8-7-10(2)9-11/h10-13H,6-9H2,1-3H3. The fraction of sp³-hybridized carbons (Fsp3) is 0.833. The van der Waals surface area contributed by atoms with E-state index in [0.717, 1.165) is 18.3 Å². The molecule has 0 aromatic carbocycles. The van der Waals surface area contributed by atoms with Gasteiger partial charge in [-0.2, -0.15) is 0 Å². The molecule has 3 atom stereocenters. The van der Waals surface area contributed by atoms with Gasteiger partial charge in [0.2, 0.25) is 0 Å². The maximum absolute atomic E-state index is 3.40. The summed E-state index contributed by atoms with van der Waals surface area (Å²) < 4.78 is 0. The molecule has 1 saturated carbocycles. The van der Waals surface area contributed by atoms with E-state index in [1.54, 1.807) is 0 Å². The van der Waals surface area contributed by atoms with Gasteiger partial charge in [0, 0.05) is 12.5 Å². The van der Waals surface area contributed by atoms with Gasteiger partial charge in [-0.1, -0.05) is 13.3 Å². The zero-order valence-electron chi connectivity index (χ0n) is 9.06. The summed E-state index contributed by atoms with van der Waals surface area (Å²) in [5.74, 6) is 7.94. The maximum Gasteiger partial charge on any atom is 0.0245 e. The molecule has 1 N–H and O–H groups in total. The molecule has 74 valence electrons. The molecule has 0 heterocycles. The van der Waals surface area contributed by atoms with Crippen LogP contribution in [-0.4, -0.2) is 13.1 Å². The van der Waals surface area contributed by atoms with E-state index in [1.165, 1.54) is 19.3 Å². The van der Waals surface area contributed by atoms with Crippen LogP contribution in [0.4, 0.5) is 0 Å². The van der Waals surface area contributed by atoms with Crippen molar-refractivity contribution in [1.82, 2.24) is 5.32 Å². The van der Waals surface area contributed by atoms with E-state index in [0.29, 0.717) is 6.04 Å². The fourth-order valence-electron chi connectivity index (χ4n) is 2.33. The van der Waals surface area contributed by atoms with Crippen molar-refractivity contribution >= 4 is 0 Å². The summed E-state index contributed by atoms with van der Waals surface area (Å²) in [6, 6.07) is 0.623. The van der Waals surface area contributed by atoms with Crippen LogP contribution in [-0.2, 0) is 0 Å². The van der Waals surface area contributed by atoms with Crippen LogP contribution >= 0.6 is 0 Å². The molecule has 0 aliphatic heterocycles. The van der Waals surface area contributed by atoms with E-state index in [4.69, 9.17) is 0 Å². The minimum atomic E-state index is 0.623. The highest BCUT2D eigenvalue weighted by Gasteiger charge is 2.26. The monoisotopic (exact) mass is 179 g/mol. The van der Waals surface area contributed by atoms with Gasteiger partial charge in [-0.25, -0.2) is 0 Å². The molecule has 3 unspecified atom stereocenters. The van der Waals surface area contributed by atoms with Crippen molar-refractivity contribution in [3.05, 3.63) is 0 Å². The first kappa shape index (κ1) is 10.6. The third kappa shape index (κ3) is 3.04. The highest BCUT2D eigenvalue weighted by atomic mass is 14.9. The van der Waals surface area contributed by atoms with Crippen LogP contribution < -0.4 is 5.32 Å². The highest BCUT2D eigenvalue weighted by Crippen LogP contribution is 2.33. The lowest BCUT2D eigenvalue weighted by molar-refractivity contribution is 0.375. The zero-order chi connectivity index (χ0) is 9.68. The third-order valence-corrected chi connectivity index (χ3v) is 3.17. The van der Waals surface area contributed by atoms with Crippen LogP contribution in [0.2, 0.25) is 0 Å². The molecule has 0 amide bonds. The highest BCUT2D eigenvalue weighted by molar-refractivity contribution is 5.00. The van der Waals surface area contributed by atoms with Gasteiger partial charge >= 0.3 is 0 Å². The van der Waals surface area contributed by atoms with Gasteiger partial charge in [-0.05, 0) is 38.6 Å². The van der Waals surface area contributed by atoms with E-state index in [-0.39, 0.29) is 0 Å². The average molecular weight is 179 g/mol. The molecule has 1 rings (SSSR count).